The van der Waals surface area contributed by atoms with E-state index < -0.39 is 0 Å². The highest BCUT2D eigenvalue weighted by atomic mass is 16.5. The summed E-state index contributed by atoms with van der Waals surface area (Å²) in [6, 6.07) is 26.1. The summed E-state index contributed by atoms with van der Waals surface area (Å²) in [5.74, 6) is 1.85. The van der Waals surface area contributed by atoms with E-state index in [0.29, 0.717) is 19.7 Å². The van der Waals surface area contributed by atoms with Crippen molar-refractivity contribution in [1.29, 1.82) is 0 Å². The van der Waals surface area contributed by atoms with Crippen molar-refractivity contribution in [1.82, 2.24) is 4.90 Å². The van der Waals surface area contributed by atoms with Crippen LogP contribution in [0.2, 0.25) is 0 Å². The van der Waals surface area contributed by atoms with Crippen LogP contribution >= 0.6 is 0 Å². The van der Waals surface area contributed by atoms with Gasteiger partial charge in [0.1, 0.15) is 17.1 Å². The first-order chi connectivity index (χ1) is 17.2. The normalized spacial score (nSPS) is 16.7. The zero-order valence-corrected chi connectivity index (χ0v) is 20.3. The van der Waals surface area contributed by atoms with Gasteiger partial charge in [0.2, 0.25) is 0 Å². The summed E-state index contributed by atoms with van der Waals surface area (Å²) in [4.78, 5) is 17.1. The van der Waals surface area contributed by atoms with Crippen molar-refractivity contribution in [2.45, 2.75) is 38.3 Å². The second kappa shape index (κ2) is 10.3. The first-order valence-electron chi connectivity index (χ1n) is 12.5. The van der Waals surface area contributed by atoms with Crippen molar-refractivity contribution in [2.24, 2.45) is 0 Å². The fourth-order valence-electron chi connectivity index (χ4n) is 5.04. The van der Waals surface area contributed by atoms with Crippen LogP contribution in [0.15, 0.2) is 78.9 Å². The van der Waals surface area contributed by atoms with E-state index >= 15 is 0 Å². The summed E-state index contributed by atoms with van der Waals surface area (Å²) < 4.78 is 12.6. The highest BCUT2D eigenvalue weighted by Gasteiger charge is 2.40. The van der Waals surface area contributed by atoms with Gasteiger partial charge in [-0.3, -0.25) is 0 Å². The monoisotopic (exact) mass is 471 g/mol. The van der Waals surface area contributed by atoms with Crippen LogP contribution in [0.25, 0.3) is 0 Å². The molecule has 3 aromatic rings. The molecule has 6 heteroatoms. The number of urea groups is 1. The lowest BCUT2D eigenvalue weighted by Gasteiger charge is -2.41. The van der Waals surface area contributed by atoms with E-state index in [1.165, 1.54) is 5.56 Å². The Morgan fingerprint density at radius 1 is 0.914 bits per heavy atom. The third-order valence-corrected chi connectivity index (χ3v) is 6.99. The number of hydrogen-bond acceptors (Lipinski definition) is 4. The van der Waals surface area contributed by atoms with Gasteiger partial charge < -0.3 is 24.6 Å². The summed E-state index contributed by atoms with van der Waals surface area (Å²) in [7, 11) is 0. The zero-order valence-electron chi connectivity index (χ0n) is 20.3. The van der Waals surface area contributed by atoms with Crippen molar-refractivity contribution in [2.75, 3.05) is 36.5 Å². The lowest BCUT2D eigenvalue weighted by molar-refractivity contribution is 0.0110. The number of carbonyl (C=O) groups excluding carboxylic acids is 1. The molecule has 1 spiro atoms. The molecular weight excluding hydrogens is 438 g/mol. The number of carbonyl (C=O) groups is 1. The number of anilines is 2. The van der Waals surface area contributed by atoms with Gasteiger partial charge in [0.05, 0.1) is 12.3 Å². The van der Waals surface area contributed by atoms with Crippen LogP contribution in [-0.2, 0) is 6.54 Å². The molecule has 35 heavy (non-hydrogen) atoms. The van der Waals surface area contributed by atoms with Gasteiger partial charge in [0.15, 0.2) is 0 Å². The van der Waals surface area contributed by atoms with E-state index in [0.717, 1.165) is 55.2 Å². The average Bonchev–Trinajstić information content (AvgIpc) is 3.03. The van der Waals surface area contributed by atoms with Gasteiger partial charge in [-0.25, -0.2) is 4.79 Å². The van der Waals surface area contributed by atoms with E-state index in [1.54, 1.807) is 0 Å². The fourth-order valence-corrected chi connectivity index (χ4v) is 5.04. The van der Waals surface area contributed by atoms with Crippen molar-refractivity contribution >= 4 is 17.4 Å². The molecule has 2 aliphatic rings. The molecule has 2 aliphatic heterocycles. The first kappa shape index (κ1) is 23.1. The summed E-state index contributed by atoms with van der Waals surface area (Å²) in [5.41, 5.74) is 2.83. The molecule has 2 amide bonds. The molecular formula is C29H33N3O3. The van der Waals surface area contributed by atoms with Gasteiger partial charge in [-0.15, -0.1) is 0 Å². The molecule has 0 bridgehead atoms. The molecule has 0 radical (unpaired) electrons. The molecule has 0 aromatic heterocycles. The number of benzene rings is 3. The Labute approximate surface area is 207 Å². The van der Waals surface area contributed by atoms with Crippen LogP contribution in [0.4, 0.5) is 16.2 Å². The van der Waals surface area contributed by atoms with Gasteiger partial charge in [-0.1, -0.05) is 48.5 Å². The van der Waals surface area contributed by atoms with Gasteiger partial charge in [-0.05, 0) is 37.3 Å². The molecule has 6 nitrogen and oxygen atoms in total. The van der Waals surface area contributed by atoms with Crippen LogP contribution in [0.3, 0.4) is 0 Å². The number of hydrogen-bond donors (Lipinski definition) is 1. The predicted molar refractivity (Wildman–Crippen MR) is 139 cm³/mol. The molecule has 0 saturated carbocycles. The van der Waals surface area contributed by atoms with E-state index in [1.807, 2.05) is 60.4 Å². The molecule has 182 valence electrons. The van der Waals surface area contributed by atoms with E-state index in [-0.39, 0.29) is 11.6 Å². The van der Waals surface area contributed by atoms with Gasteiger partial charge >= 0.3 is 6.03 Å². The molecule has 0 aliphatic carbocycles. The third-order valence-electron chi connectivity index (χ3n) is 6.99. The van der Waals surface area contributed by atoms with Crippen molar-refractivity contribution in [3.05, 3.63) is 84.4 Å². The third kappa shape index (κ3) is 5.21. The fraction of sp³-hybridized carbons (Fsp3) is 0.345. The largest absolute Gasteiger partial charge is 0.494 e. The zero-order chi connectivity index (χ0) is 24.1. The highest BCUT2D eigenvalue weighted by Crippen LogP contribution is 2.41. The number of amides is 2. The number of piperidine rings is 1. The van der Waals surface area contributed by atoms with E-state index in [2.05, 4.69) is 40.5 Å². The number of fused-ring (bicyclic) bond motifs is 1. The number of likely N-dealkylation sites (tertiary alicyclic amines) is 1. The molecule has 5 rings (SSSR count). The van der Waals surface area contributed by atoms with Crippen LogP contribution in [0, 0.1) is 0 Å². The molecule has 1 N–H and O–H groups in total. The Kier molecular flexibility index (Phi) is 6.80. The molecule has 0 unspecified atom stereocenters. The molecule has 1 saturated heterocycles. The first-order valence-corrected chi connectivity index (χ1v) is 12.5. The maximum Gasteiger partial charge on any atom is 0.321 e. The number of nitrogens with zero attached hydrogens (tertiary/aromatic N) is 2. The number of rotatable bonds is 5. The minimum Gasteiger partial charge on any atom is -0.494 e. The predicted octanol–water partition coefficient (Wildman–Crippen LogP) is 5.94. The van der Waals surface area contributed by atoms with E-state index in [4.69, 9.17) is 9.47 Å². The Hall–Kier alpha value is -3.67. The number of ether oxygens (including phenoxy) is 2. The van der Waals surface area contributed by atoms with Gasteiger partial charge in [0.25, 0.3) is 0 Å². The standard InChI is InChI=1S/C29H33N3O3/c1-2-34-26-14-8-6-10-23(26)22-32-21-18-29(35-27-15-9-7-13-25(27)32)16-19-31(20-17-29)28(33)30-24-11-4-3-5-12-24/h3-15H,2,16-22H2,1H3,(H,30,33). The van der Waals surface area contributed by atoms with Crippen LogP contribution in [0.5, 0.6) is 11.5 Å². The smallest absolute Gasteiger partial charge is 0.321 e. The van der Waals surface area contributed by atoms with E-state index in [9.17, 15) is 4.79 Å². The van der Waals surface area contributed by atoms with Crippen LogP contribution in [-0.4, -0.2) is 42.8 Å². The lowest BCUT2D eigenvalue weighted by Crippen LogP contribution is -2.51. The Bertz CT molecular complexity index is 1140. The minimum absolute atomic E-state index is 0.0470. The minimum atomic E-state index is -0.270. The van der Waals surface area contributed by atoms with Crippen LogP contribution < -0.4 is 19.7 Å². The summed E-state index contributed by atoms with van der Waals surface area (Å²) in [6.07, 6.45) is 2.53. The summed E-state index contributed by atoms with van der Waals surface area (Å²) >= 11 is 0. The Balaban J connectivity index is 1.29. The van der Waals surface area contributed by atoms with Crippen molar-refractivity contribution in [3.63, 3.8) is 0 Å². The Morgan fingerprint density at radius 3 is 2.40 bits per heavy atom. The Morgan fingerprint density at radius 2 is 1.60 bits per heavy atom. The van der Waals surface area contributed by atoms with Gasteiger partial charge in [0, 0.05) is 56.7 Å². The second-order valence-corrected chi connectivity index (χ2v) is 9.25. The second-order valence-electron chi connectivity index (χ2n) is 9.25. The highest BCUT2D eigenvalue weighted by molar-refractivity contribution is 5.89. The lowest BCUT2D eigenvalue weighted by atomic mass is 9.87. The summed E-state index contributed by atoms with van der Waals surface area (Å²) in [5, 5.41) is 3.01. The molecule has 2 heterocycles. The topological polar surface area (TPSA) is 54.0 Å². The molecule has 1 fully saturated rings. The molecule has 3 aromatic carbocycles. The maximum atomic E-state index is 12.8. The van der Waals surface area contributed by atoms with Crippen LogP contribution in [0.1, 0.15) is 31.7 Å². The summed E-state index contributed by atoms with van der Waals surface area (Å²) in [6.45, 7) is 5.66. The molecule has 0 atom stereocenters. The quantitative estimate of drug-likeness (QED) is 0.500. The SMILES string of the molecule is CCOc1ccccc1CN1CCC2(CCN(C(=O)Nc3ccccc3)CC2)Oc2ccccc21. The van der Waals surface area contributed by atoms with Crippen molar-refractivity contribution < 1.29 is 14.3 Å². The van der Waals surface area contributed by atoms with Crippen molar-refractivity contribution in [3.8, 4) is 11.5 Å². The maximum absolute atomic E-state index is 12.8. The van der Waals surface area contributed by atoms with Gasteiger partial charge in [-0.2, -0.15) is 0 Å². The number of para-hydroxylation sites is 4. The average molecular weight is 472 g/mol. The number of nitrogens with one attached hydrogen (secondary N) is 1.